The maximum Gasteiger partial charge on any atom is 0.410 e. The minimum Gasteiger partial charge on any atom is -0.444 e. The highest BCUT2D eigenvalue weighted by Gasteiger charge is 2.34. The quantitative estimate of drug-likeness (QED) is 0.812. The molecular formula is C19H27NO3S. The Bertz CT molecular complexity index is 631. The third kappa shape index (κ3) is 4.69. The van der Waals surface area contributed by atoms with E-state index in [9.17, 15) is 9.00 Å². The lowest BCUT2D eigenvalue weighted by atomic mass is 10.0. The second kappa shape index (κ2) is 7.51. The van der Waals surface area contributed by atoms with Gasteiger partial charge in [0.05, 0.1) is 16.8 Å². The highest BCUT2D eigenvalue weighted by molar-refractivity contribution is 7.89. The molecule has 1 amide bonds. The predicted octanol–water partition coefficient (Wildman–Crippen LogP) is 4.41. The van der Waals surface area contributed by atoms with Gasteiger partial charge >= 0.3 is 6.09 Å². The molecule has 2 rings (SSSR count). The zero-order valence-electron chi connectivity index (χ0n) is 15.0. The first-order valence-electron chi connectivity index (χ1n) is 8.36. The lowest BCUT2D eigenvalue weighted by Gasteiger charge is -2.37. The van der Waals surface area contributed by atoms with Gasteiger partial charge in [0, 0.05) is 16.3 Å². The molecular weight excluding hydrogens is 322 g/mol. The predicted molar refractivity (Wildman–Crippen MR) is 97.3 cm³/mol. The number of ether oxygens (including phenoxy) is 1. The Morgan fingerprint density at radius 2 is 1.88 bits per heavy atom. The number of hydrogen-bond acceptors (Lipinski definition) is 3. The van der Waals surface area contributed by atoms with Gasteiger partial charge < -0.3 is 9.64 Å². The largest absolute Gasteiger partial charge is 0.444 e. The third-order valence-electron chi connectivity index (χ3n) is 3.98. The fraction of sp³-hybridized carbons (Fsp3) is 0.526. The van der Waals surface area contributed by atoms with Gasteiger partial charge in [0.25, 0.3) is 0 Å². The van der Waals surface area contributed by atoms with Crippen molar-refractivity contribution < 1.29 is 13.7 Å². The number of rotatable bonds is 3. The fourth-order valence-corrected chi connectivity index (χ4v) is 3.92. The van der Waals surface area contributed by atoms with Crippen LogP contribution in [0, 0.1) is 6.92 Å². The molecule has 0 N–H and O–H groups in total. The van der Waals surface area contributed by atoms with Crippen LogP contribution in [0.2, 0.25) is 0 Å². The summed E-state index contributed by atoms with van der Waals surface area (Å²) < 4.78 is 18.3. The van der Waals surface area contributed by atoms with Gasteiger partial charge in [-0.25, -0.2) is 9.00 Å². The molecule has 0 radical (unpaired) electrons. The molecule has 0 spiro atoms. The Balaban J connectivity index is 2.17. The molecule has 2 atom stereocenters. The summed E-state index contributed by atoms with van der Waals surface area (Å²) in [5, 5.41) is 0. The Hall–Kier alpha value is -1.62. The number of benzene rings is 1. The number of carbonyl (C=O) groups excluding carboxylic acids is 1. The molecule has 1 aliphatic heterocycles. The van der Waals surface area contributed by atoms with Crippen molar-refractivity contribution in [1.29, 1.82) is 0 Å². The van der Waals surface area contributed by atoms with Crippen molar-refractivity contribution in [2.75, 3.05) is 6.54 Å². The van der Waals surface area contributed by atoms with Crippen LogP contribution >= 0.6 is 0 Å². The SMILES string of the molecule is C=C([C@@H]1CCCCN1C(=O)OC(C)(C)C)S(=O)c1ccc(C)cc1. The first kappa shape index (κ1) is 18.7. The van der Waals surface area contributed by atoms with E-state index >= 15 is 0 Å². The summed E-state index contributed by atoms with van der Waals surface area (Å²) in [4.78, 5) is 15.5. The number of aryl methyl sites for hydroxylation is 1. The second-order valence-electron chi connectivity index (χ2n) is 7.23. The summed E-state index contributed by atoms with van der Waals surface area (Å²) in [6.07, 6.45) is 2.35. The van der Waals surface area contributed by atoms with E-state index in [1.54, 1.807) is 4.90 Å². The van der Waals surface area contributed by atoms with E-state index in [2.05, 4.69) is 6.58 Å². The van der Waals surface area contributed by atoms with Gasteiger partial charge in [0.2, 0.25) is 0 Å². The minimum absolute atomic E-state index is 0.240. The Kier molecular flexibility index (Phi) is 5.86. The van der Waals surface area contributed by atoms with Crippen LogP contribution in [0.3, 0.4) is 0 Å². The molecule has 0 aliphatic carbocycles. The van der Waals surface area contributed by atoms with E-state index in [0.717, 1.165) is 29.7 Å². The summed E-state index contributed by atoms with van der Waals surface area (Å²) in [6, 6.07) is 7.35. The summed E-state index contributed by atoms with van der Waals surface area (Å²) in [5.41, 5.74) is 0.575. The Morgan fingerprint density at radius 1 is 1.25 bits per heavy atom. The first-order chi connectivity index (χ1) is 11.2. The van der Waals surface area contributed by atoms with Crippen molar-refractivity contribution in [2.24, 2.45) is 0 Å². The van der Waals surface area contributed by atoms with Crippen LogP contribution in [0.1, 0.15) is 45.6 Å². The van der Waals surface area contributed by atoms with Crippen molar-refractivity contribution in [3.05, 3.63) is 41.3 Å². The number of piperidine rings is 1. The molecule has 5 heteroatoms. The maximum absolute atomic E-state index is 12.8. The topological polar surface area (TPSA) is 46.6 Å². The first-order valence-corrected chi connectivity index (χ1v) is 9.51. The lowest BCUT2D eigenvalue weighted by Crippen LogP contribution is -2.47. The van der Waals surface area contributed by atoms with Crippen LogP contribution in [-0.4, -0.2) is 33.4 Å². The monoisotopic (exact) mass is 349 g/mol. The highest BCUT2D eigenvalue weighted by Crippen LogP contribution is 2.28. The van der Waals surface area contributed by atoms with Crippen molar-refractivity contribution in [1.82, 2.24) is 4.90 Å². The van der Waals surface area contributed by atoms with Crippen LogP contribution in [0.5, 0.6) is 0 Å². The van der Waals surface area contributed by atoms with Gasteiger partial charge in [-0.1, -0.05) is 24.3 Å². The number of likely N-dealkylation sites (tertiary alicyclic amines) is 1. The number of nitrogens with zero attached hydrogens (tertiary/aromatic N) is 1. The standard InChI is InChI=1S/C19H27NO3S/c1-14-9-11-16(12-10-14)24(22)15(2)17-8-6-7-13-20(17)18(21)23-19(3,4)5/h9-12,17H,2,6-8,13H2,1,3-5H3/t17-,24?/m0/s1. The highest BCUT2D eigenvalue weighted by atomic mass is 32.2. The van der Waals surface area contributed by atoms with Crippen molar-refractivity contribution in [2.45, 2.75) is 63.5 Å². The molecule has 0 bridgehead atoms. The van der Waals surface area contributed by atoms with E-state index in [1.165, 1.54) is 0 Å². The zero-order valence-corrected chi connectivity index (χ0v) is 15.8. The summed E-state index contributed by atoms with van der Waals surface area (Å²) >= 11 is 0. The van der Waals surface area contributed by atoms with Gasteiger partial charge in [0.1, 0.15) is 5.60 Å². The fourth-order valence-electron chi connectivity index (χ4n) is 2.74. The normalized spacial score (nSPS) is 19.7. The lowest BCUT2D eigenvalue weighted by molar-refractivity contribution is 0.0146. The average molecular weight is 349 g/mol. The second-order valence-corrected chi connectivity index (χ2v) is 8.77. The maximum atomic E-state index is 12.8. The van der Waals surface area contributed by atoms with Gasteiger partial charge in [-0.2, -0.15) is 0 Å². The number of amides is 1. The summed E-state index contributed by atoms with van der Waals surface area (Å²) in [5.74, 6) is 0. The van der Waals surface area contributed by atoms with E-state index in [-0.39, 0.29) is 12.1 Å². The molecule has 1 saturated heterocycles. The van der Waals surface area contributed by atoms with Crippen molar-refractivity contribution in [3.63, 3.8) is 0 Å². The van der Waals surface area contributed by atoms with Gasteiger partial charge in [-0.05, 0) is 59.1 Å². The molecule has 0 aromatic heterocycles. The van der Waals surface area contributed by atoms with Gasteiger partial charge in [-0.3, -0.25) is 0 Å². The molecule has 132 valence electrons. The molecule has 1 unspecified atom stereocenters. The molecule has 1 heterocycles. The molecule has 24 heavy (non-hydrogen) atoms. The third-order valence-corrected chi connectivity index (χ3v) is 5.42. The van der Waals surface area contributed by atoms with Gasteiger partial charge in [-0.15, -0.1) is 0 Å². The smallest absolute Gasteiger partial charge is 0.410 e. The molecule has 1 aromatic carbocycles. The number of carbonyl (C=O) groups is 1. The van der Waals surface area contributed by atoms with Crippen molar-refractivity contribution in [3.8, 4) is 0 Å². The van der Waals surface area contributed by atoms with E-state index in [1.807, 2.05) is 52.0 Å². The molecule has 1 aromatic rings. The number of hydrogen-bond donors (Lipinski definition) is 0. The Morgan fingerprint density at radius 3 is 2.46 bits per heavy atom. The van der Waals surface area contributed by atoms with Crippen LogP contribution in [0.4, 0.5) is 4.79 Å². The Labute approximate surface area is 147 Å². The van der Waals surface area contributed by atoms with E-state index in [0.29, 0.717) is 11.4 Å². The molecule has 1 fully saturated rings. The van der Waals surface area contributed by atoms with Gasteiger partial charge in [0.15, 0.2) is 0 Å². The van der Waals surface area contributed by atoms with E-state index < -0.39 is 16.4 Å². The van der Waals surface area contributed by atoms with Crippen LogP contribution in [-0.2, 0) is 15.5 Å². The minimum atomic E-state index is -1.34. The van der Waals surface area contributed by atoms with Crippen LogP contribution in [0.25, 0.3) is 0 Å². The van der Waals surface area contributed by atoms with Crippen LogP contribution < -0.4 is 0 Å². The molecule has 0 saturated carbocycles. The summed E-state index contributed by atoms with van der Waals surface area (Å²) in [7, 11) is -1.34. The van der Waals surface area contributed by atoms with Crippen molar-refractivity contribution >= 4 is 16.9 Å². The average Bonchev–Trinajstić information content (AvgIpc) is 2.52. The van der Waals surface area contributed by atoms with E-state index in [4.69, 9.17) is 4.74 Å². The zero-order chi connectivity index (χ0) is 17.9. The molecule has 4 nitrogen and oxygen atoms in total. The summed E-state index contributed by atoms with van der Waals surface area (Å²) in [6.45, 7) is 12.2. The molecule has 1 aliphatic rings. The van der Waals surface area contributed by atoms with Crippen LogP contribution in [0.15, 0.2) is 40.6 Å².